The van der Waals surface area contributed by atoms with Crippen LogP contribution in [0.15, 0.2) is 41.0 Å². The number of methoxy groups -OCH3 is 1. The summed E-state index contributed by atoms with van der Waals surface area (Å²) in [7, 11) is 1.35. The Balaban J connectivity index is 2.24. The third-order valence-electron chi connectivity index (χ3n) is 3.10. The highest BCUT2D eigenvalue weighted by atomic mass is 16.5. The van der Waals surface area contributed by atoms with Gasteiger partial charge in [-0.25, -0.2) is 4.79 Å². The molecule has 1 heterocycles. The third-order valence-corrected chi connectivity index (χ3v) is 3.10. The molecule has 0 aliphatic heterocycles. The van der Waals surface area contributed by atoms with Gasteiger partial charge in [-0.3, -0.25) is 0 Å². The number of ether oxygens (including phenoxy) is 1. The molecule has 5 heteroatoms. The van der Waals surface area contributed by atoms with Crippen LogP contribution in [0.3, 0.4) is 0 Å². The van der Waals surface area contributed by atoms with Crippen molar-refractivity contribution >= 4 is 17.3 Å². The summed E-state index contributed by atoms with van der Waals surface area (Å²) in [5.74, 6) is 0.473. The summed E-state index contributed by atoms with van der Waals surface area (Å²) in [5, 5.41) is 0. The lowest BCUT2D eigenvalue weighted by molar-refractivity contribution is 0.0601. The molecule has 0 aliphatic carbocycles. The molecule has 0 amide bonds. The van der Waals surface area contributed by atoms with Crippen molar-refractivity contribution in [3.05, 3.63) is 47.9 Å². The third kappa shape index (κ3) is 2.93. The van der Waals surface area contributed by atoms with Gasteiger partial charge in [-0.2, -0.15) is 0 Å². The van der Waals surface area contributed by atoms with Crippen molar-refractivity contribution in [2.24, 2.45) is 0 Å². The number of furan rings is 1. The monoisotopic (exact) mass is 274 g/mol. The Morgan fingerprint density at radius 3 is 2.75 bits per heavy atom. The molecule has 0 saturated heterocycles. The minimum absolute atomic E-state index is 0.391. The number of rotatable bonds is 5. The minimum Gasteiger partial charge on any atom is -0.467 e. The van der Waals surface area contributed by atoms with Crippen LogP contribution in [0.25, 0.3) is 0 Å². The molecule has 106 valence electrons. The van der Waals surface area contributed by atoms with E-state index in [-0.39, 0.29) is 0 Å². The number of hydrogen-bond acceptors (Lipinski definition) is 5. The van der Waals surface area contributed by atoms with Crippen LogP contribution >= 0.6 is 0 Å². The average molecular weight is 274 g/mol. The lowest BCUT2D eigenvalue weighted by atomic mass is 10.1. The van der Waals surface area contributed by atoms with E-state index in [0.29, 0.717) is 17.8 Å². The molecule has 2 aromatic rings. The van der Waals surface area contributed by atoms with Crippen molar-refractivity contribution in [3.63, 3.8) is 0 Å². The number of anilines is 2. The highest BCUT2D eigenvalue weighted by Crippen LogP contribution is 2.26. The van der Waals surface area contributed by atoms with Gasteiger partial charge in [0.15, 0.2) is 0 Å². The summed E-state index contributed by atoms with van der Waals surface area (Å²) in [4.78, 5) is 13.5. The summed E-state index contributed by atoms with van der Waals surface area (Å²) in [5.41, 5.74) is 7.90. The Hall–Kier alpha value is -2.43. The standard InChI is InChI=1S/C15H18N2O3/c1-3-17(10-12-5-4-8-20-12)14-7-6-11(9-13(14)16)15(18)19-2/h4-9H,3,10,16H2,1-2H3. The van der Waals surface area contributed by atoms with Crippen LogP contribution in [0.5, 0.6) is 0 Å². The van der Waals surface area contributed by atoms with E-state index >= 15 is 0 Å². The zero-order valence-corrected chi connectivity index (χ0v) is 11.6. The van der Waals surface area contributed by atoms with Crippen LogP contribution in [0.2, 0.25) is 0 Å². The van der Waals surface area contributed by atoms with Crippen molar-refractivity contribution < 1.29 is 13.9 Å². The fraction of sp³-hybridized carbons (Fsp3) is 0.267. The minimum atomic E-state index is -0.391. The molecule has 20 heavy (non-hydrogen) atoms. The maximum Gasteiger partial charge on any atom is 0.337 e. The second-order valence-corrected chi connectivity index (χ2v) is 4.36. The van der Waals surface area contributed by atoms with E-state index in [1.54, 1.807) is 18.4 Å². The molecule has 0 atom stereocenters. The molecule has 0 saturated carbocycles. The second kappa shape index (κ2) is 6.14. The zero-order valence-electron chi connectivity index (χ0n) is 11.6. The first-order chi connectivity index (χ1) is 9.65. The maximum atomic E-state index is 11.5. The Morgan fingerprint density at radius 2 is 2.20 bits per heavy atom. The lowest BCUT2D eigenvalue weighted by Gasteiger charge is -2.23. The van der Waals surface area contributed by atoms with E-state index in [1.807, 2.05) is 25.1 Å². The predicted octanol–water partition coefficient (Wildman–Crippen LogP) is 2.67. The molecule has 1 aromatic heterocycles. The van der Waals surface area contributed by atoms with E-state index in [1.165, 1.54) is 7.11 Å². The Kier molecular flexibility index (Phi) is 4.30. The average Bonchev–Trinajstić information content (AvgIpc) is 2.97. The quantitative estimate of drug-likeness (QED) is 0.670. The summed E-state index contributed by atoms with van der Waals surface area (Å²) >= 11 is 0. The number of carbonyl (C=O) groups is 1. The van der Waals surface area contributed by atoms with E-state index in [2.05, 4.69) is 9.64 Å². The van der Waals surface area contributed by atoms with Gasteiger partial charge in [-0.15, -0.1) is 0 Å². The Bertz CT molecular complexity index is 579. The Morgan fingerprint density at radius 1 is 1.40 bits per heavy atom. The molecule has 1 aromatic carbocycles. The van der Waals surface area contributed by atoms with E-state index in [0.717, 1.165) is 18.0 Å². The highest BCUT2D eigenvalue weighted by molar-refractivity contribution is 5.91. The van der Waals surface area contributed by atoms with Gasteiger partial charge < -0.3 is 19.8 Å². The predicted molar refractivity (Wildman–Crippen MR) is 77.6 cm³/mol. The normalized spacial score (nSPS) is 10.3. The van der Waals surface area contributed by atoms with Crippen LogP contribution < -0.4 is 10.6 Å². The molecular weight excluding hydrogens is 256 g/mol. The largest absolute Gasteiger partial charge is 0.467 e. The lowest BCUT2D eigenvalue weighted by Crippen LogP contribution is -2.23. The fourth-order valence-corrected chi connectivity index (χ4v) is 2.05. The molecule has 0 fully saturated rings. The Labute approximate surface area is 117 Å². The molecule has 2 rings (SSSR count). The highest BCUT2D eigenvalue weighted by Gasteiger charge is 2.13. The van der Waals surface area contributed by atoms with Gasteiger partial charge in [-0.1, -0.05) is 0 Å². The van der Waals surface area contributed by atoms with Crippen LogP contribution in [-0.4, -0.2) is 19.6 Å². The summed E-state index contributed by atoms with van der Waals surface area (Å²) in [6.07, 6.45) is 1.65. The summed E-state index contributed by atoms with van der Waals surface area (Å²) in [6.45, 7) is 3.45. The van der Waals surface area contributed by atoms with E-state index < -0.39 is 5.97 Å². The fourth-order valence-electron chi connectivity index (χ4n) is 2.05. The first-order valence-corrected chi connectivity index (χ1v) is 6.41. The van der Waals surface area contributed by atoms with Gasteiger partial charge in [0.1, 0.15) is 5.76 Å². The number of nitrogens with zero attached hydrogens (tertiary/aromatic N) is 1. The van der Waals surface area contributed by atoms with Crippen molar-refractivity contribution in [1.29, 1.82) is 0 Å². The first-order valence-electron chi connectivity index (χ1n) is 6.41. The van der Waals surface area contributed by atoms with Gasteiger partial charge in [0, 0.05) is 6.54 Å². The van der Waals surface area contributed by atoms with Gasteiger partial charge in [0.05, 0.1) is 36.9 Å². The molecular formula is C15H18N2O3. The van der Waals surface area contributed by atoms with Crippen molar-refractivity contribution in [2.45, 2.75) is 13.5 Å². The maximum absolute atomic E-state index is 11.5. The molecule has 0 bridgehead atoms. The zero-order chi connectivity index (χ0) is 14.5. The van der Waals surface area contributed by atoms with Crippen LogP contribution in [-0.2, 0) is 11.3 Å². The molecule has 0 spiro atoms. The number of nitrogen functional groups attached to an aromatic ring is 1. The van der Waals surface area contributed by atoms with Crippen LogP contribution in [0.1, 0.15) is 23.0 Å². The smallest absolute Gasteiger partial charge is 0.337 e. The molecule has 2 N–H and O–H groups in total. The SMILES string of the molecule is CCN(Cc1ccco1)c1ccc(C(=O)OC)cc1N. The van der Waals surface area contributed by atoms with Gasteiger partial charge >= 0.3 is 5.97 Å². The van der Waals surface area contributed by atoms with Crippen LogP contribution in [0, 0.1) is 0 Å². The van der Waals surface area contributed by atoms with Crippen molar-refractivity contribution in [1.82, 2.24) is 0 Å². The molecule has 0 radical (unpaired) electrons. The van der Waals surface area contributed by atoms with Crippen LogP contribution in [0.4, 0.5) is 11.4 Å². The number of nitrogens with two attached hydrogens (primary N) is 1. The molecule has 0 aliphatic rings. The molecule has 5 nitrogen and oxygen atoms in total. The molecule has 0 unspecified atom stereocenters. The van der Waals surface area contributed by atoms with Crippen molar-refractivity contribution in [3.8, 4) is 0 Å². The van der Waals surface area contributed by atoms with Gasteiger partial charge in [-0.05, 0) is 37.3 Å². The number of carbonyl (C=O) groups excluding carboxylic acids is 1. The van der Waals surface area contributed by atoms with E-state index in [4.69, 9.17) is 10.2 Å². The van der Waals surface area contributed by atoms with Gasteiger partial charge in [0.2, 0.25) is 0 Å². The summed E-state index contributed by atoms with van der Waals surface area (Å²) in [6, 6.07) is 8.94. The topological polar surface area (TPSA) is 68.7 Å². The van der Waals surface area contributed by atoms with Crippen molar-refractivity contribution in [2.75, 3.05) is 24.3 Å². The summed E-state index contributed by atoms with van der Waals surface area (Å²) < 4.78 is 10.0. The van der Waals surface area contributed by atoms with Gasteiger partial charge in [0.25, 0.3) is 0 Å². The van der Waals surface area contributed by atoms with E-state index in [9.17, 15) is 4.79 Å². The number of benzene rings is 1. The number of hydrogen-bond donors (Lipinski definition) is 1. The number of esters is 1. The first kappa shape index (κ1) is 14.0. The second-order valence-electron chi connectivity index (χ2n) is 4.36.